The highest BCUT2D eigenvalue weighted by molar-refractivity contribution is 6.33. The number of nitrogens with one attached hydrogen (secondary N) is 2. The van der Waals surface area contributed by atoms with Crippen LogP contribution in [-0.2, 0) is 0 Å². The van der Waals surface area contributed by atoms with Crippen molar-refractivity contribution in [2.24, 2.45) is 0 Å². The minimum Gasteiger partial charge on any atom is -0.497 e. The molecule has 0 aliphatic carbocycles. The van der Waals surface area contributed by atoms with Crippen LogP contribution < -0.4 is 15.5 Å². The first-order valence-electron chi connectivity index (χ1n) is 6.48. The van der Waals surface area contributed by atoms with E-state index in [1.54, 1.807) is 25.3 Å². The number of methoxy groups -OCH3 is 1. The monoisotopic (exact) mass is 316 g/mol. The zero-order valence-electron chi connectivity index (χ0n) is 11.7. The van der Waals surface area contributed by atoms with E-state index in [-0.39, 0.29) is 5.82 Å². The Bertz CT molecular complexity index is 826. The molecule has 7 heteroatoms. The van der Waals surface area contributed by atoms with E-state index in [2.05, 4.69) is 15.3 Å². The highest BCUT2D eigenvalue weighted by Crippen LogP contribution is 2.31. The zero-order chi connectivity index (χ0) is 15.5. The summed E-state index contributed by atoms with van der Waals surface area (Å²) in [7, 11) is 1.57. The van der Waals surface area contributed by atoms with Crippen LogP contribution in [0.2, 0.25) is 5.02 Å². The number of halogens is 1. The average Bonchev–Trinajstić information content (AvgIpc) is 2.56. The smallest absolute Gasteiger partial charge is 0.194 e. The Morgan fingerprint density at radius 1 is 1.05 bits per heavy atom. The number of benzene rings is 2. The fourth-order valence-corrected chi connectivity index (χ4v) is 2.18. The maximum atomic E-state index is 9.28. The van der Waals surface area contributed by atoms with Crippen LogP contribution in [0.25, 0.3) is 11.0 Å². The number of hydrogen-bond acceptors (Lipinski definition) is 6. The van der Waals surface area contributed by atoms with Gasteiger partial charge >= 0.3 is 0 Å². The number of nitrogens with zero attached hydrogens (tertiary/aromatic N) is 2. The number of ether oxygens (including phenoxy) is 1. The quantitative estimate of drug-likeness (QED) is 0.635. The van der Waals surface area contributed by atoms with E-state index in [1.165, 1.54) is 0 Å². The normalized spacial score (nSPS) is 10.5. The Morgan fingerprint density at radius 2 is 1.73 bits per heavy atom. The van der Waals surface area contributed by atoms with Gasteiger partial charge in [-0.3, -0.25) is 5.21 Å². The number of rotatable bonds is 4. The van der Waals surface area contributed by atoms with Gasteiger partial charge in [0.05, 0.1) is 28.9 Å². The highest BCUT2D eigenvalue weighted by atomic mass is 35.5. The molecule has 3 aromatic rings. The van der Waals surface area contributed by atoms with Crippen LogP contribution in [0, 0.1) is 0 Å². The van der Waals surface area contributed by atoms with E-state index in [0.717, 1.165) is 0 Å². The van der Waals surface area contributed by atoms with Gasteiger partial charge in [0, 0.05) is 6.07 Å². The van der Waals surface area contributed by atoms with Crippen molar-refractivity contribution in [2.75, 3.05) is 17.9 Å². The Morgan fingerprint density at radius 3 is 2.36 bits per heavy atom. The first kappa shape index (κ1) is 14.4. The van der Waals surface area contributed by atoms with Gasteiger partial charge in [-0.1, -0.05) is 23.7 Å². The Labute approximate surface area is 131 Å². The molecule has 0 atom stereocenters. The SMILES string of the molecule is COc1ccc(Cl)c(Nc2nc3ccccc3nc2NO)c1. The van der Waals surface area contributed by atoms with E-state index in [4.69, 9.17) is 16.3 Å². The molecular weight excluding hydrogens is 304 g/mol. The van der Waals surface area contributed by atoms with Crippen LogP contribution in [-0.4, -0.2) is 22.3 Å². The van der Waals surface area contributed by atoms with Crippen molar-refractivity contribution in [3.8, 4) is 5.75 Å². The van der Waals surface area contributed by atoms with Gasteiger partial charge in [-0.15, -0.1) is 0 Å². The first-order valence-corrected chi connectivity index (χ1v) is 6.86. The third-order valence-corrected chi connectivity index (χ3v) is 3.43. The minimum absolute atomic E-state index is 0.206. The van der Waals surface area contributed by atoms with Crippen LogP contribution >= 0.6 is 11.6 Å². The minimum atomic E-state index is 0.206. The molecule has 0 spiro atoms. The van der Waals surface area contributed by atoms with Crippen molar-refractivity contribution in [1.82, 2.24) is 9.97 Å². The van der Waals surface area contributed by atoms with Crippen molar-refractivity contribution in [3.05, 3.63) is 47.5 Å². The van der Waals surface area contributed by atoms with Gasteiger partial charge in [0.25, 0.3) is 0 Å². The molecule has 0 bridgehead atoms. The summed E-state index contributed by atoms with van der Waals surface area (Å²) in [5, 5.41) is 12.8. The number of para-hydroxylation sites is 2. The zero-order valence-corrected chi connectivity index (χ0v) is 12.4. The van der Waals surface area contributed by atoms with E-state index in [9.17, 15) is 5.21 Å². The third kappa shape index (κ3) is 2.74. The lowest BCUT2D eigenvalue weighted by Crippen LogP contribution is -2.03. The number of aromatic nitrogens is 2. The van der Waals surface area contributed by atoms with Gasteiger partial charge in [-0.25, -0.2) is 15.4 Å². The second kappa shape index (κ2) is 6.05. The molecule has 0 amide bonds. The Kier molecular flexibility index (Phi) is 3.95. The first-order chi connectivity index (χ1) is 10.7. The topological polar surface area (TPSA) is 79.3 Å². The Hall–Kier alpha value is -2.57. The maximum Gasteiger partial charge on any atom is 0.194 e. The molecule has 3 rings (SSSR count). The fourth-order valence-electron chi connectivity index (χ4n) is 2.02. The van der Waals surface area contributed by atoms with Crippen LogP contribution in [0.4, 0.5) is 17.3 Å². The van der Waals surface area contributed by atoms with Crippen LogP contribution in [0.15, 0.2) is 42.5 Å². The van der Waals surface area contributed by atoms with Crippen molar-refractivity contribution < 1.29 is 9.94 Å². The van der Waals surface area contributed by atoms with Crippen LogP contribution in [0.5, 0.6) is 5.75 Å². The number of anilines is 3. The predicted octanol–water partition coefficient (Wildman–Crippen LogP) is 3.84. The molecule has 1 heterocycles. The standard InChI is InChI=1S/C15H13ClN4O2/c1-22-9-6-7-10(16)13(8-9)19-14-15(20-21)18-12-5-3-2-4-11(12)17-14/h2-8,21H,1H3,(H,17,19)(H,18,20). The van der Waals surface area contributed by atoms with Crippen molar-refractivity contribution in [2.45, 2.75) is 0 Å². The van der Waals surface area contributed by atoms with Gasteiger partial charge in [0.15, 0.2) is 11.6 Å². The van der Waals surface area contributed by atoms with Gasteiger partial charge in [-0.05, 0) is 24.3 Å². The van der Waals surface area contributed by atoms with Crippen molar-refractivity contribution in [1.29, 1.82) is 0 Å². The van der Waals surface area contributed by atoms with Crippen LogP contribution in [0.3, 0.4) is 0 Å². The molecule has 0 aliphatic heterocycles. The van der Waals surface area contributed by atoms with Gasteiger partial charge in [0.1, 0.15) is 5.75 Å². The molecule has 2 aromatic carbocycles. The molecule has 112 valence electrons. The molecule has 0 fully saturated rings. The summed E-state index contributed by atoms with van der Waals surface area (Å²) in [5.41, 5.74) is 4.01. The third-order valence-electron chi connectivity index (χ3n) is 3.10. The summed E-state index contributed by atoms with van der Waals surface area (Å²) in [5.74, 6) is 1.22. The summed E-state index contributed by atoms with van der Waals surface area (Å²) >= 11 is 6.17. The van der Waals surface area contributed by atoms with E-state index >= 15 is 0 Å². The molecule has 1 aromatic heterocycles. The largest absolute Gasteiger partial charge is 0.497 e. The lowest BCUT2D eigenvalue weighted by atomic mass is 10.3. The molecule has 3 N–H and O–H groups in total. The molecular formula is C15H13ClN4O2. The van der Waals surface area contributed by atoms with Gasteiger partial charge < -0.3 is 10.1 Å². The highest BCUT2D eigenvalue weighted by Gasteiger charge is 2.11. The Balaban J connectivity index is 2.06. The molecule has 0 aliphatic rings. The summed E-state index contributed by atoms with van der Waals surface area (Å²) < 4.78 is 5.17. The fraction of sp³-hybridized carbons (Fsp3) is 0.0667. The lowest BCUT2D eigenvalue weighted by Gasteiger charge is -2.12. The predicted molar refractivity (Wildman–Crippen MR) is 86.2 cm³/mol. The summed E-state index contributed by atoms with van der Waals surface area (Å²) in [4.78, 5) is 8.74. The number of fused-ring (bicyclic) bond motifs is 1. The average molecular weight is 317 g/mol. The number of hydrogen-bond donors (Lipinski definition) is 3. The van der Waals surface area contributed by atoms with E-state index in [0.29, 0.717) is 33.3 Å². The maximum absolute atomic E-state index is 9.28. The molecule has 22 heavy (non-hydrogen) atoms. The van der Waals surface area contributed by atoms with E-state index in [1.807, 2.05) is 29.7 Å². The van der Waals surface area contributed by atoms with E-state index < -0.39 is 0 Å². The lowest BCUT2D eigenvalue weighted by molar-refractivity contribution is 0.386. The molecule has 6 nitrogen and oxygen atoms in total. The summed E-state index contributed by atoms with van der Waals surface area (Å²) in [6, 6.07) is 12.6. The van der Waals surface area contributed by atoms with Crippen molar-refractivity contribution in [3.63, 3.8) is 0 Å². The summed E-state index contributed by atoms with van der Waals surface area (Å²) in [6.45, 7) is 0. The molecule has 0 unspecified atom stereocenters. The molecule has 0 radical (unpaired) electrons. The second-order valence-electron chi connectivity index (χ2n) is 4.49. The van der Waals surface area contributed by atoms with Gasteiger partial charge in [0.2, 0.25) is 0 Å². The van der Waals surface area contributed by atoms with Gasteiger partial charge in [-0.2, -0.15) is 0 Å². The second-order valence-corrected chi connectivity index (χ2v) is 4.90. The van der Waals surface area contributed by atoms with Crippen molar-refractivity contribution >= 4 is 40.0 Å². The molecule has 0 saturated carbocycles. The van der Waals surface area contributed by atoms with Crippen LogP contribution in [0.1, 0.15) is 0 Å². The summed E-state index contributed by atoms with van der Waals surface area (Å²) in [6.07, 6.45) is 0. The molecule has 0 saturated heterocycles.